The van der Waals surface area contributed by atoms with Gasteiger partial charge in [0.2, 0.25) is 5.91 Å². The van der Waals surface area contributed by atoms with E-state index >= 15 is 0 Å². The summed E-state index contributed by atoms with van der Waals surface area (Å²) < 4.78 is 5.96. The van der Waals surface area contributed by atoms with Crippen LogP contribution in [0, 0.1) is 5.41 Å². The van der Waals surface area contributed by atoms with Crippen molar-refractivity contribution in [3.63, 3.8) is 0 Å². The van der Waals surface area contributed by atoms with Crippen molar-refractivity contribution in [1.82, 2.24) is 9.88 Å². The van der Waals surface area contributed by atoms with E-state index in [1.54, 1.807) is 24.4 Å². The third-order valence-electron chi connectivity index (χ3n) is 2.88. The highest BCUT2D eigenvalue weighted by molar-refractivity contribution is 9.10. The quantitative estimate of drug-likeness (QED) is 0.819. The van der Waals surface area contributed by atoms with Gasteiger partial charge in [-0.3, -0.25) is 9.78 Å². The summed E-state index contributed by atoms with van der Waals surface area (Å²) in [5.41, 5.74) is 0.290. The Kier molecular flexibility index (Phi) is 6.58. The second kappa shape index (κ2) is 7.71. The topological polar surface area (TPSA) is 62.7 Å². The lowest BCUT2D eigenvalue weighted by molar-refractivity contribution is -0.144. The summed E-state index contributed by atoms with van der Waals surface area (Å²) in [7, 11) is 1.57. The van der Waals surface area contributed by atoms with Crippen LogP contribution in [-0.2, 0) is 16.1 Å². The number of hydrogen-bond donors (Lipinski definition) is 1. The van der Waals surface area contributed by atoms with Gasteiger partial charge in [0.1, 0.15) is 0 Å². The van der Waals surface area contributed by atoms with E-state index in [0.29, 0.717) is 19.7 Å². The number of nitrogens with zero attached hydrogens (tertiary/aromatic N) is 2. The molecule has 0 aliphatic carbocycles. The molecule has 20 heavy (non-hydrogen) atoms. The zero-order valence-electron chi connectivity index (χ0n) is 12.1. The number of rotatable bonds is 7. The van der Waals surface area contributed by atoms with Crippen LogP contribution in [0.3, 0.4) is 0 Å². The molecule has 112 valence electrons. The number of aliphatic hydroxyl groups excluding tert-OH is 1. The van der Waals surface area contributed by atoms with E-state index in [9.17, 15) is 4.79 Å². The van der Waals surface area contributed by atoms with Crippen LogP contribution < -0.4 is 0 Å². The van der Waals surface area contributed by atoms with Crippen LogP contribution in [0.1, 0.15) is 19.4 Å². The molecule has 0 aliphatic heterocycles. The van der Waals surface area contributed by atoms with Gasteiger partial charge in [-0.15, -0.1) is 0 Å². The maximum absolute atomic E-state index is 12.5. The average molecular weight is 345 g/mol. The Balaban J connectivity index is 2.86. The number of aromatic nitrogens is 1. The van der Waals surface area contributed by atoms with E-state index < -0.39 is 5.41 Å². The van der Waals surface area contributed by atoms with Crippen LogP contribution in [0.25, 0.3) is 0 Å². The first-order valence-electron chi connectivity index (χ1n) is 6.39. The fraction of sp³-hybridized carbons (Fsp3) is 0.571. The third-order valence-corrected chi connectivity index (χ3v) is 3.31. The summed E-state index contributed by atoms with van der Waals surface area (Å²) in [4.78, 5) is 18.2. The summed E-state index contributed by atoms with van der Waals surface area (Å²) in [5, 5.41) is 9.16. The summed E-state index contributed by atoms with van der Waals surface area (Å²) in [5.74, 6) is -0.0478. The van der Waals surface area contributed by atoms with Crippen molar-refractivity contribution < 1.29 is 14.6 Å². The number of carbonyl (C=O) groups excluding carboxylic acids is 1. The Morgan fingerprint density at radius 2 is 2.20 bits per heavy atom. The van der Waals surface area contributed by atoms with Gasteiger partial charge < -0.3 is 14.7 Å². The third kappa shape index (κ3) is 4.85. The van der Waals surface area contributed by atoms with E-state index in [2.05, 4.69) is 20.9 Å². The Morgan fingerprint density at radius 1 is 1.50 bits per heavy atom. The Morgan fingerprint density at radius 3 is 2.75 bits per heavy atom. The second-order valence-electron chi connectivity index (χ2n) is 5.28. The van der Waals surface area contributed by atoms with Crippen molar-refractivity contribution in [3.05, 3.63) is 28.5 Å². The van der Waals surface area contributed by atoms with E-state index in [1.807, 2.05) is 19.9 Å². The molecule has 0 aliphatic rings. The van der Waals surface area contributed by atoms with Gasteiger partial charge in [0.15, 0.2) is 0 Å². The summed E-state index contributed by atoms with van der Waals surface area (Å²) >= 11 is 3.36. The number of hydrogen-bond acceptors (Lipinski definition) is 4. The fourth-order valence-electron chi connectivity index (χ4n) is 1.99. The number of methoxy groups -OCH3 is 1. The number of amides is 1. The van der Waals surface area contributed by atoms with Crippen LogP contribution >= 0.6 is 15.9 Å². The minimum Gasteiger partial charge on any atom is -0.395 e. The van der Waals surface area contributed by atoms with E-state index in [-0.39, 0.29) is 12.5 Å². The molecule has 0 saturated heterocycles. The lowest BCUT2D eigenvalue weighted by atomic mass is 9.92. The molecule has 0 unspecified atom stereocenters. The SMILES string of the molecule is COCC(C)(C)C(=O)N(CCO)Cc1cncc(Br)c1. The first-order chi connectivity index (χ1) is 9.40. The smallest absolute Gasteiger partial charge is 0.230 e. The maximum Gasteiger partial charge on any atom is 0.230 e. The highest BCUT2D eigenvalue weighted by atomic mass is 79.9. The summed E-state index contributed by atoms with van der Waals surface area (Å²) in [6.07, 6.45) is 3.41. The lowest BCUT2D eigenvalue weighted by Crippen LogP contribution is -2.44. The van der Waals surface area contributed by atoms with Crippen LogP contribution in [0.15, 0.2) is 22.9 Å². The van der Waals surface area contributed by atoms with Gasteiger partial charge in [-0.1, -0.05) is 0 Å². The minimum atomic E-state index is -0.622. The first kappa shape index (κ1) is 17.1. The van der Waals surface area contributed by atoms with Crippen molar-refractivity contribution >= 4 is 21.8 Å². The molecule has 0 radical (unpaired) electrons. The Hall–Kier alpha value is -0.980. The van der Waals surface area contributed by atoms with Gasteiger partial charge in [0.25, 0.3) is 0 Å². The molecule has 1 N–H and O–H groups in total. The molecule has 1 aromatic rings. The monoisotopic (exact) mass is 344 g/mol. The minimum absolute atomic E-state index is 0.0478. The standard InChI is InChI=1S/C14H21BrN2O3/c1-14(2,10-20-3)13(19)17(4-5-18)9-11-6-12(15)8-16-7-11/h6-8,18H,4-5,9-10H2,1-3H3. The molecule has 0 bridgehead atoms. The molecule has 5 nitrogen and oxygen atoms in total. The van der Waals surface area contributed by atoms with Crippen LogP contribution in [0.2, 0.25) is 0 Å². The first-order valence-corrected chi connectivity index (χ1v) is 7.18. The lowest BCUT2D eigenvalue weighted by Gasteiger charge is -2.31. The molecule has 0 saturated carbocycles. The molecular formula is C14H21BrN2O3. The molecule has 0 fully saturated rings. The maximum atomic E-state index is 12.5. The van der Waals surface area contributed by atoms with Crippen LogP contribution in [0.4, 0.5) is 0 Å². The number of carbonyl (C=O) groups is 1. The molecule has 0 atom stereocenters. The van der Waals surface area contributed by atoms with E-state index in [1.165, 1.54) is 0 Å². The Bertz CT molecular complexity index is 452. The van der Waals surface area contributed by atoms with Crippen molar-refractivity contribution in [3.8, 4) is 0 Å². The van der Waals surface area contributed by atoms with Crippen molar-refractivity contribution in [2.75, 3.05) is 26.9 Å². The number of aliphatic hydroxyl groups is 1. The normalized spacial score (nSPS) is 11.4. The van der Waals surface area contributed by atoms with Crippen molar-refractivity contribution in [2.24, 2.45) is 5.41 Å². The largest absolute Gasteiger partial charge is 0.395 e. The zero-order valence-corrected chi connectivity index (χ0v) is 13.7. The highest BCUT2D eigenvalue weighted by Crippen LogP contribution is 2.21. The number of pyridine rings is 1. The van der Waals surface area contributed by atoms with E-state index in [4.69, 9.17) is 9.84 Å². The van der Waals surface area contributed by atoms with Gasteiger partial charge in [-0.25, -0.2) is 0 Å². The van der Waals surface area contributed by atoms with Gasteiger partial charge in [-0.2, -0.15) is 0 Å². The average Bonchev–Trinajstić information content (AvgIpc) is 2.37. The van der Waals surface area contributed by atoms with Crippen molar-refractivity contribution in [2.45, 2.75) is 20.4 Å². The zero-order chi connectivity index (χ0) is 15.2. The van der Waals surface area contributed by atoms with E-state index in [0.717, 1.165) is 10.0 Å². The highest BCUT2D eigenvalue weighted by Gasteiger charge is 2.31. The molecule has 0 spiro atoms. The molecule has 1 heterocycles. The molecule has 1 rings (SSSR count). The molecular weight excluding hydrogens is 324 g/mol. The van der Waals surface area contributed by atoms with Gasteiger partial charge in [0.05, 0.1) is 18.6 Å². The van der Waals surface area contributed by atoms with Crippen molar-refractivity contribution in [1.29, 1.82) is 0 Å². The molecule has 1 amide bonds. The Labute approximate surface area is 128 Å². The summed E-state index contributed by atoms with van der Waals surface area (Å²) in [6.45, 7) is 4.64. The number of ether oxygens (including phenoxy) is 1. The predicted molar refractivity (Wildman–Crippen MR) is 80.1 cm³/mol. The number of halogens is 1. The summed E-state index contributed by atoms with van der Waals surface area (Å²) in [6, 6.07) is 1.91. The predicted octanol–water partition coefficient (Wildman–Crippen LogP) is 1.84. The molecule has 1 aromatic heterocycles. The van der Waals surface area contributed by atoms with Gasteiger partial charge >= 0.3 is 0 Å². The molecule has 0 aromatic carbocycles. The van der Waals surface area contributed by atoms with Gasteiger partial charge in [-0.05, 0) is 41.4 Å². The molecule has 6 heteroatoms. The fourth-order valence-corrected chi connectivity index (χ4v) is 2.40. The van der Waals surface area contributed by atoms with Crippen LogP contribution in [-0.4, -0.2) is 47.8 Å². The van der Waals surface area contributed by atoms with Crippen LogP contribution in [0.5, 0.6) is 0 Å². The second-order valence-corrected chi connectivity index (χ2v) is 6.19. The van der Waals surface area contributed by atoms with Gasteiger partial charge in [0, 0.05) is 37.1 Å².